The Bertz CT molecular complexity index is 1470. The number of amides is 2. The van der Waals surface area contributed by atoms with Crippen LogP contribution in [0.4, 0.5) is 5.69 Å². The Morgan fingerprint density at radius 2 is 1.60 bits per heavy atom. The van der Waals surface area contributed by atoms with Gasteiger partial charge in [-0.15, -0.1) is 0 Å². The maximum atomic E-state index is 14.3. The lowest BCUT2D eigenvalue weighted by Gasteiger charge is -2.34. The molecule has 0 heterocycles. The standard InChI is InChI=1S/C33H43N3O5S/c1-7-9-20-34-33(38)29(8-2)35(22-27-13-11-10-12-26(27)5)32(37)23-36(30-21-25(4)16-19-31(30)41-6)42(39,40)28-17-14-24(3)15-18-28/h10-19,21,29H,7-9,20,22-23H2,1-6H3,(H,34,38). The predicted molar refractivity (Wildman–Crippen MR) is 167 cm³/mol. The van der Waals surface area contributed by atoms with Crippen LogP contribution in [-0.4, -0.2) is 51.4 Å². The van der Waals surface area contributed by atoms with Gasteiger partial charge in [0.2, 0.25) is 11.8 Å². The van der Waals surface area contributed by atoms with Gasteiger partial charge < -0.3 is 15.0 Å². The molecule has 0 aromatic heterocycles. The van der Waals surface area contributed by atoms with E-state index >= 15 is 0 Å². The van der Waals surface area contributed by atoms with E-state index in [1.165, 1.54) is 24.1 Å². The van der Waals surface area contributed by atoms with Gasteiger partial charge in [0.15, 0.2) is 0 Å². The Labute approximate surface area is 250 Å². The second-order valence-electron chi connectivity index (χ2n) is 10.5. The summed E-state index contributed by atoms with van der Waals surface area (Å²) in [6.07, 6.45) is 2.12. The second kappa shape index (κ2) is 14.9. The fourth-order valence-electron chi connectivity index (χ4n) is 4.74. The number of benzene rings is 3. The fourth-order valence-corrected chi connectivity index (χ4v) is 6.16. The Hall–Kier alpha value is -3.85. The molecular formula is C33H43N3O5S. The molecule has 1 unspecified atom stereocenters. The van der Waals surface area contributed by atoms with E-state index in [0.717, 1.165) is 39.4 Å². The number of unbranched alkanes of at least 4 members (excludes halogenated alkanes) is 1. The van der Waals surface area contributed by atoms with Crippen LogP contribution in [0.3, 0.4) is 0 Å². The molecular weight excluding hydrogens is 550 g/mol. The molecule has 42 heavy (non-hydrogen) atoms. The van der Waals surface area contributed by atoms with Crippen LogP contribution in [0.1, 0.15) is 55.4 Å². The SMILES string of the molecule is CCCCNC(=O)C(CC)N(Cc1ccccc1C)C(=O)CN(c1cc(C)ccc1OC)S(=O)(=O)c1ccc(C)cc1. The van der Waals surface area contributed by atoms with Crippen LogP contribution < -0.4 is 14.4 Å². The maximum Gasteiger partial charge on any atom is 0.264 e. The van der Waals surface area contributed by atoms with Crippen LogP contribution >= 0.6 is 0 Å². The smallest absolute Gasteiger partial charge is 0.264 e. The minimum absolute atomic E-state index is 0.0549. The van der Waals surface area contributed by atoms with E-state index in [4.69, 9.17) is 4.74 Å². The van der Waals surface area contributed by atoms with E-state index in [0.29, 0.717) is 18.7 Å². The van der Waals surface area contributed by atoms with Gasteiger partial charge in [0.25, 0.3) is 10.0 Å². The molecule has 0 bridgehead atoms. The third kappa shape index (κ3) is 7.91. The Morgan fingerprint density at radius 1 is 0.929 bits per heavy atom. The van der Waals surface area contributed by atoms with Gasteiger partial charge in [0.1, 0.15) is 18.3 Å². The molecule has 0 aliphatic heterocycles. The summed E-state index contributed by atoms with van der Waals surface area (Å²) in [5, 5.41) is 2.96. The predicted octanol–water partition coefficient (Wildman–Crippen LogP) is 5.54. The van der Waals surface area contributed by atoms with Gasteiger partial charge in [-0.1, -0.05) is 68.3 Å². The average Bonchev–Trinajstić information content (AvgIpc) is 2.97. The highest BCUT2D eigenvalue weighted by Crippen LogP contribution is 2.34. The number of hydrogen-bond donors (Lipinski definition) is 1. The topological polar surface area (TPSA) is 96.0 Å². The molecule has 0 spiro atoms. The fraction of sp³-hybridized carbons (Fsp3) is 0.394. The first-order chi connectivity index (χ1) is 20.0. The number of rotatable bonds is 14. The van der Waals surface area contributed by atoms with Crippen molar-refractivity contribution in [2.75, 3.05) is 24.5 Å². The lowest BCUT2D eigenvalue weighted by Crippen LogP contribution is -2.52. The van der Waals surface area contributed by atoms with Crippen LogP contribution in [0.5, 0.6) is 5.75 Å². The van der Waals surface area contributed by atoms with Crippen LogP contribution in [0.25, 0.3) is 0 Å². The maximum absolute atomic E-state index is 14.3. The van der Waals surface area contributed by atoms with Crippen LogP contribution in [0.2, 0.25) is 0 Å². The summed E-state index contributed by atoms with van der Waals surface area (Å²) in [6.45, 7) is 9.72. The number of nitrogens with zero attached hydrogens (tertiary/aromatic N) is 2. The second-order valence-corrected chi connectivity index (χ2v) is 12.4. The van der Waals surface area contributed by atoms with Crippen molar-refractivity contribution in [3.8, 4) is 5.75 Å². The van der Waals surface area contributed by atoms with E-state index in [1.807, 2.05) is 65.0 Å². The number of hydrogen-bond acceptors (Lipinski definition) is 5. The largest absolute Gasteiger partial charge is 0.495 e. The highest BCUT2D eigenvalue weighted by molar-refractivity contribution is 7.92. The molecule has 8 nitrogen and oxygen atoms in total. The first kappa shape index (κ1) is 32.7. The van der Waals surface area contributed by atoms with E-state index in [2.05, 4.69) is 5.32 Å². The van der Waals surface area contributed by atoms with Gasteiger partial charge in [0.05, 0.1) is 17.7 Å². The first-order valence-electron chi connectivity index (χ1n) is 14.4. The summed E-state index contributed by atoms with van der Waals surface area (Å²) in [4.78, 5) is 29.2. The highest BCUT2D eigenvalue weighted by Gasteiger charge is 2.35. The minimum Gasteiger partial charge on any atom is -0.495 e. The zero-order valence-electron chi connectivity index (χ0n) is 25.5. The molecule has 2 amide bonds. The van der Waals surface area contributed by atoms with Crippen molar-refractivity contribution < 1.29 is 22.7 Å². The molecule has 0 fully saturated rings. The molecule has 0 saturated heterocycles. The summed E-state index contributed by atoms with van der Waals surface area (Å²) >= 11 is 0. The zero-order valence-corrected chi connectivity index (χ0v) is 26.3. The van der Waals surface area contributed by atoms with E-state index in [9.17, 15) is 18.0 Å². The minimum atomic E-state index is -4.19. The van der Waals surface area contributed by atoms with Crippen molar-refractivity contribution >= 4 is 27.5 Å². The van der Waals surface area contributed by atoms with Crippen molar-refractivity contribution in [3.05, 3.63) is 89.0 Å². The summed E-state index contributed by atoms with van der Waals surface area (Å²) in [7, 11) is -2.73. The van der Waals surface area contributed by atoms with Crippen molar-refractivity contribution in [3.63, 3.8) is 0 Å². The molecule has 3 aromatic carbocycles. The molecule has 0 aliphatic carbocycles. The van der Waals surface area contributed by atoms with Gasteiger partial charge in [-0.25, -0.2) is 8.42 Å². The Morgan fingerprint density at radius 3 is 2.21 bits per heavy atom. The number of methoxy groups -OCH3 is 1. The quantitative estimate of drug-likeness (QED) is 0.248. The molecule has 226 valence electrons. The molecule has 1 N–H and O–H groups in total. The molecule has 0 aliphatic rings. The van der Waals surface area contributed by atoms with Gasteiger partial charge >= 0.3 is 0 Å². The van der Waals surface area contributed by atoms with Gasteiger partial charge in [-0.2, -0.15) is 0 Å². The number of aryl methyl sites for hydroxylation is 3. The van der Waals surface area contributed by atoms with E-state index < -0.39 is 28.5 Å². The summed E-state index contributed by atoms with van der Waals surface area (Å²) in [5.41, 5.74) is 3.82. The number of carbonyl (C=O) groups excluding carboxylic acids is 2. The Kier molecular flexibility index (Phi) is 11.6. The number of ether oxygens (including phenoxy) is 1. The number of anilines is 1. The van der Waals surface area contributed by atoms with Gasteiger partial charge in [0, 0.05) is 13.1 Å². The molecule has 0 saturated carbocycles. The molecule has 3 aromatic rings. The van der Waals surface area contributed by atoms with Crippen LogP contribution in [-0.2, 0) is 26.2 Å². The van der Waals surface area contributed by atoms with Gasteiger partial charge in [-0.3, -0.25) is 13.9 Å². The average molecular weight is 594 g/mol. The van der Waals surface area contributed by atoms with Crippen molar-refractivity contribution in [2.24, 2.45) is 0 Å². The molecule has 1 atom stereocenters. The zero-order chi connectivity index (χ0) is 30.9. The third-order valence-electron chi connectivity index (χ3n) is 7.31. The van der Waals surface area contributed by atoms with Crippen LogP contribution in [0.15, 0.2) is 71.6 Å². The van der Waals surface area contributed by atoms with Gasteiger partial charge in [-0.05, 0) is 74.6 Å². The summed E-state index contributed by atoms with van der Waals surface area (Å²) in [6, 6.07) is 18.6. The highest BCUT2D eigenvalue weighted by atomic mass is 32.2. The molecule has 9 heteroatoms. The van der Waals surface area contributed by atoms with Crippen molar-refractivity contribution in [1.29, 1.82) is 0 Å². The van der Waals surface area contributed by atoms with Crippen LogP contribution in [0, 0.1) is 20.8 Å². The number of nitrogens with one attached hydrogen (secondary N) is 1. The molecule has 3 rings (SSSR count). The van der Waals surface area contributed by atoms with E-state index in [-0.39, 0.29) is 23.0 Å². The summed E-state index contributed by atoms with van der Waals surface area (Å²) in [5.74, 6) is -0.428. The lowest BCUT2D eigenvalue weighted by molar-refractivity contribution is -0.140. The van der Waals surface area contributed by atoms with Crippen molar-refractivity contribution in [2.45, 2.75) is 71.4 Å². The normalized spacial score (nSPS) is 12.0. The number of sulfonamides is 1. The lowest BCUT2D eigenvalue weighted by atomic mass is 10.1. The Balaban J connectivity index is 2.11. The monoisotopic (exact) mass is 593 g/mol. The number of carbonyl (C=O) groups is 2. The first-order valence-corrected chi connectivity index (χ1v) is 15.8. The van der Waals surface area contributed by atoms with E-state index in [1.54, 1.807) is 24.3 Å². The third-order valence-corrected chi connectivity index (χ3v) is 9.08. The van der Waals surface area contributed by atoms with Crippen molar-refractivity contribution in [1.82, 2.24) is 10.2 Å². The molecule has 0 radical (unpaired) electrons. The summed E-state index contributed by atoms with van der Waals surface area (Å²) < 4.78 is 35.0.